The summed E-state index contributed by atoms with van der Waals surface area (Å²) in [6.45, 7) is 1.69. The number of nitro groups is 1. The second-order valence-corrected chi connectivity index (χ2v) is 4.12. The Kier molecular flexibility index (Phi) is 3.52. The van der Waals surface area contributed by atoms with Crippen molar-refractivity contribution in [3.63, 3.8) is 0 Å². The van der Waals surface area contributed by atoms with Gasteiger partial charge in [-0.15, -0.1) is 0 Å². The van der Waals surface area contributed by atoms with Crippen LogP contribution in [-0.4, -0.2) is 24.4 Å². The monoisotopic (exact) mass is 281 g/mol. The van der Waals surface area contributed by atoms with E-state index in [4.69, 9.17) is 11.6 Å². The summed E-state index contributed by atoms with van der Waals surface area (Å²) < 4.78 is 1.06. The molecular formula is C10H8ClN5O3. The lowest BCUT2D eigenvalue weighted by atomic mass is 10.4. The molecule has 0 bridgehead atoms. The van der Waals surface area contributed by atoms with Gasteiger partial charge in [0.05, 0.1) is 17.7 Å². The molecule has 2 aromatic rings. The number of nitrogens with zero attached hydrogens (tertiary/aromatic N) is 5. The lowest BCUT2D eigenvalue weighted by Gasteiger charge is -2.04. The summed E-state index contributed by atoms with van der Waals surface area (Å²) in [6.07, 6.45) is 2.00. The summed E-state index contributed by atoms with van der Waals surface area (Å²) in [4.78, 5) is 33.0. The second-order valence-electron chi connectivity index (χ2n) is 3.73. The van der Waals surface area contributed by atoms with Crippen molar-refractivity contribution in [2.75, 3.05) is 0 Å². The molecule has 0 saturated heterocycles. The topological polar surface area (TPSA) is 104 Å². The van der Waals surface area contributed by atoms with Gasteiger partial charge in [0.2, 0.25) is 0 Å². The van der Waals surface area contributed by atoms with Crippen LogP contribution in [0.1, 0.15) is 11.5 Å². The van der Waals surface area contributed by atoms with E-state index in [-0.39, 0.29) is 23.2 Å². The molecule has 0 radical (unpaired) electrons. The Bertz CT molecular complexity index is 680. The molecule has 0 atom stereocenters. The SMILES string of the molecule is Cc1cc(Cl)nc(Cn2cc([N+](=O)[O-])cnc2=O)n1. The van der Waals surface area contributed by atoms with Gasteiger partial charge in [-0.3, -0.25) is 14.7 Å². The average Bonchev–Trinajstić information content (AvgIpc) is 2.30. The minimum atomic E-state index is -0.632. The third kappa shape index (κ3) is 3.10. The number of aromatic nitrogens is 4. The fourth-order valence-corrected chi connectivity index (χ4v) is 1.72. The zero-order chi connectivity index (χ0) is 14.0. The van der Waals surface area contributed by atoms with Crippen molar-refractivity contribution >= 4 is 17.3 Å². The molecule has 0 spiro atoms. The molecule has 9 heteroatoms. The summed E-state index contributed by atoms with van der Waals surface area (Å²) in [7, 11) is 0. The Morgan fingerprint density at radius 3 is 2.84 bits per heavy atom. The van der Waals surface area contributed by atoms with Gasteiger partial charge < -0.3 is 0 Å². The first-order valence-electron chi connectivity index (χ1n) is 5.16. The number of aryl methyl sites for hydroxylation is 1. The quantitative estimate of drug-likeness (QED) is 0.471. The van der Waals surface area contributed by atoms with Crippen molar-refractivity contribution in [2.24, 2.45) is 0 Å². The fourth-order valence-electron chi connectivity index (χ4n) is 1.46. The van der Waals surface area contributed by atoms with E-state index in [1.165, 1.54) is 0 Å². The molecular weight excluding hydrogens is 274 g/mol. The van der Waals surface area contributed by atoms with E-state index < -0.39 is 10.6 Å². The van der Waals surface area contributed by atoms with E-state index in [9.17, 15) is 14.9 Å². The molecule has 19 heavy (non-hydrogen) atoms. The van der Waals surface area contributed by atoms with Gasteiger partial charge in [0.25, 0.3) is 0 Å². The van der Waals surface area contributed by atoms with Crippen LogP contribution in [0.3, 0.4) is 0 Å². The molecule has 0 unspecified atom stereocenters. The number of halogens is 1. The maximum Gasteiger partial charge on any atom is 0.348 e. The summed E-state index contributed by atoms with van der Waals surface area (Å²) in [5.41, 5.74) is -0.258. The Hall–Kier alpha value is -2.35. The van der Waals surface area contributed by atoms with E-state index >= 15 is 0 Å². The number of hydrogen-bond donors (Lipinski definition) is 0. The summed E-state index contributed by atoms with van der Waals surface area (Å²) >= 11 is 5.78. The van der Waals surface area contributed by atoms with Crippen molar-refractivity contribution in [1.82, 2.24) is 19.5 Å². The molecule has 2 rings (SSSR count). The van der Waals surface area contributed by atoms with Gasteiger partial charge in [0.1, 0.15) is 17.2 Å². The highest BCUT2D eigenvalue weighted by Crippen LogP contribution is 2.09. The molecule has 0 aliphatic heterocycles. The van der Waals surface area contributed by atoms with Gasteiger partial charge in [-0.25, -0.2) is 14.8 Å². The third-order valence-electron chi connectivity index (χ3n) is 2.23. The summed E-state index contributed by atoms with van der Waals surface area (Å²) in [5, 5.41) is 10.9. The largest absolute Gasteiger partial charge is 0.348 e. The van der Waals surface area contributed by atoms with Gasteiger partial charge in [0.15, 0.2) is 0 Å². The Morgan fingerprint density at radius 1 is 1.47 bits per heavy atom. The standard InChI is InChI=1S/C10H8ClN5O3/c1-6-2-8(11)14-9(13-6)5-15-4-7(16(18)19)3-12-10(15)17/h2-4H,5H2,1H3. The predicted molar refractivity (Wildman–Crippen MR) is 66.0 cm³/mol. The van der Waals surface area contributed by atoms with Crippen molar-refractivity contribution in [2.45, 2.75) is 13.5 Å². The van der Waals surface area contributed by atoms with Crippen LogP contribution < -0.4 is 5.69 Å². The minimum absolute atomic E-state index is 0.0328. The van der Waals surface area contributed by atoms with Gasteiger partial charge in [0, 0.05) is 5.69 Å². The van der Waals surface area contributed by atoms with Crippen LogP contribution >= 0.6 is 11.6 Å². The summed E-state index contributed by atoms with van der Waals surface area (Å²) in [5.74, 6) is 0.286. The molecule has 0 aromatic carbocycles. The van der Waals surface area contributed by atoms with Gasteiger partial charge in [-0.05, 0) is 13.0 Å². The van der Waals surface area contributed by atoms with Crippen molar-refractivity contribution in [3.05, 3.63) is 55.7 Å². The first-order valence-corrected chi connectivity index (χ1v) is 5.54. The Morgan fingerprint density at radius 2 is 2.21 bits per heavy atom. The van der Waals surface area contributed by atoms with Gasteiger partial charge in [-0.1, -0.05) is 11.6 Å². The fraction of sp³-hybridized carbons (Fsp3) is 0.200. The first kappa shape index (κ1) is 13.1. The van der Waals surface area contributed by atoms with Crippen LogP contribution in [0.5, 0.6) is 0 Å². The zero-order valence-electron chi connectivity index (χ0n) is 9.78. The van der Waals surface area contributed by atoms with E-state index in [1.54, 1.807) is 13.0 Å². The predicted octanol–water partition coefficient (Wildman–Crippen LogP) is 0.952. The zero-order valence-corrected chi connectivity index (χ0v) is 10.5. The molecule has 0 amide bonds. The molecule has 0 aliphatic rings. The molecule has 98 valence electrons. The van der Waals surface area contributed by atoms with Gasteiger partial charge in [-0.2, -0.15) is 4.98 Å². The Balaban J connectivity index is 2.40. The van der Waals surface area contributed by atoms with Crippen molar-refractivity contribution in [3.8, 4) is 0 Å². The van der Waals surface area contributed by atoms with E-state index in [0.29, 0.717) is 5.69 Å². The van der Waals surface area contributed by atoms with E-state index in [2.05, 4.69) is 15.0 Å². The van der Waals surface area contributed by atoms with Crippen molar-refractivity contribution in [1.29, 1.82) is 0 Å². The van der Waals surface area contributed by atoms with Gasteiger partial charge >= 0.3 is 11.4 Å². The highest BCUT2D eigenvalue weighted by molar-refractivity contribution is 6.29. The highest BCUT2D eigenvalue weighted by Gasteiger charge is 2.10. The van der Waals surface area contributed by atoms with Crippen LogP contribution in [0, 0.1) is 17.0 Å². The lowest BCUT2D eigenvalue weighted by molar-refractivity contribution is -0.385. The molecule has 0 fully saturated rings. The summed E-state index contributed by atoms with van der Waals surface area (Å²) in [6, 6.07) is 1.57. The van der Waals surface area contributed by atoms with Crippen LogP contribution in [0.25, 0.3) is 0 Å². The average molecular weight is 282 g/mol. The molecule has 0 N–H and O–H groups in total. The molecule has 0 aliphatic carbocycles. The van der Waals surface area contributed by atoms with E-state index in [1.807, 2.05) is 0 Å². The maximum atomic E-state index is 11.5. The van der Waals surface area contributed by atoms with Crippen LogP contribution in [0.15, 0.2) is 23.3 Å². The highest BCUT2D eigenvalue weighted by atomic mass is 35.5. The first-order chi connectivity index (χ1) is 8.95. The third-order valence-corrected chi connectivity index (χ3v) is 2.43. The minimum Gasteiger partial charge on any atom is -0.285 e. The molecule has 2 heterocycles. The van der Waals surface area contributed by atoms with Crippen LogP contribution in [0.2, 0.25) is 5.15 Å². The van der Waals surface area contributed by atoms with Crippen molar-refractivity contribution < 1.29 is 4.92 Å². The van der Waals surface area contributed by atoms with Crippen LogP contribution in [-0.2, 0) is 6.54 Å². The number of hydrogen-bond acceptors (Lipinski definition) is 6. The second kappa shape index (κ2) is 5.11. The van der Waals surface area contributed by atoms with E-state index in [0.717, 1.165) is 17.0 Å². The molecule has 8 nitrogen and oxygen atoms in total. The number of rotatable bonds is 3. The maximum absolute atomic E-state index is 11.5. The lowest BCUT2D eigenvalue weighted by Crippen LogP contribution is -2.24. The molecule has 2 aromatic heterocycles. The molecule has 0 saturated carbocycles. The van der Waals surface area contributed by atoms with Crippen LogP contribution in [0.4, 0.5) is 5.69 Å². The smallest absolute Gasteiger partial charge is 0.285 e. The normalized spacial score (nSPS) is 10.4. The Labute approximate surface area is 111 Å².